The lowest BCUT2D eigenvalue weighted by atomic mass is 9.68. The van der Waals surface area contributed by atoms with E-state index in [1.807, 2.05) is 0 Å². The quantitative estimate of drug-likeness (QED) is 0.475. The van der Waals surface area contributed by atoms with E-state index in [-0.39, 0.29) is 22.4 Å². The number of benzene rings is 1. The summed E-state index contributed by atoms with van der Waals surface area (Å²) in [5.74, 6) is 0.367. The highest BCUT2D eigenvalue weighted by molar-refractivity contribution is 5.95. The third-order valence-corrected chi connectivity index (χ3v) is 6.87. The van der Waals surface area contributed by atoms with Crippen molar-refractivity contribution in [2.75, 3.05) is 0 Å². The molecule has 1 heterocycles. The summed E-state index contributed by atoms with van der Waals surface area (Å²) < 4.78 is 0. The summed E-state index contributed by atoms with van der Waals surface area (Å²) in [6.07, 6.45) is 3.14. The Kier molecular flexibility index (Phi) is 2.62. The highest BCUT2D eigenvalue weighted by Gasteiger charge is 2.80. The zero-order valence-corrected chi connectivity index (χ0v) is 13.5. The summed E-state index contributed by atoms with van der Waals surface area (Å²) in [6.45, 7) is 6.77. The van der Waals surface area contributed by atoms with Crippen molar-refractivity contribution in [3.05, 3.63) is 39.9 Å². The second-order valence-electron chi connectivity index (χ2n) is 7.77. The smallest absolute Gasteiger partial charge is 0.267 e. The molecule has 1 aliphatic heterocycles. The minimum Gasteiger partial charge on any atom is -0.267 e. The zero-order chi connectivity index (χ0) is 16.6. The van der Waals surface area contributed by atoms with Crippen molar-refractivity contribution in [2.24, 2.45) is 16.7 Å². The molecule has 2 bridgehead atoms. The Morgan fingerprint density at radius 2 is 1.96 bits per heavy atom. The van der Waals surface area contributed by atoms with E-state index in [2.05, 4.69) is 20.8 Å². The van der Waals surface area contributed by atoms with Crippen LogP contribution in [-0.2, 0) is 4.84 Å². The number of non-ortho nitro benzene ring substituents is 1. The molecule has 4 rings (SSSR count). The van der Waals surface area contributed by atoms with Crippen LogP contribution in [0.4, 0.5) is 5.69 Å². The van der Waals surface area contributed by atoms with E-state index >= 15 is 0 Å². The van der Waals surface area contributed by atoms with Crippen LogP contribution in [0, 0.1) is 26.9 Å². The van der Waals surface area contributed by atoms with Crippen LogP contribution in [0.15, 0.2) is 24.3 Å². The van der Waals surface area contributed by atoms with Crippen LogP contribution in [0.3, 0.4) is 0 Å². The van der Waals surface area contributed by atoms with Crippen LogP contribution in [0.5, 0.6) is 0 Å². The molecule has 1 saturated heterocycles. The second kappa shape index (κ2) is 4.12. The zero-order valence-electron chi connectivity index (χ0n) is 13.5. The Labute approximate surface area is 134 Å². The maximum Gasteiger partial charge on any atom is 0.280 e. The van der Waals surface area contributed by atoms with Gasteiger partial charge in [-0.2, -0.15) is 5.06 Å². The van der Waals surface area contributed by atoms with Crippen LogP contribution in [0.2, 0.25) is 0 Å². The maximum atomic E-state index is 12.7. The fraction of sp³-hybridized carbons (Fsp3) is 0.588. The third kappa shape index (κ3) is 1.59. The topological polar surface area (TPSA) is 75.8 Å². The number of hydrogen-bond acceptors (Lipinski definition) is 4. The average Bonchev–Trinajstić information content (AvgIpc) is 3.15. The standard InChI is InChI=1S/C17H20N2O4/c1-15(2)12-8-9-16(15,3)17(10-12)18(23-17)14(20)11-4-6-13(7-5-11)19(21)22/h4-7,12H,8-10H2,1-3H3/t12-,16-,17+,18?/m1/s1. The van der Waals surface area contributed by atoms with Gasteiger partial charge in [-0.15, -0.1) is 0 Å². The minimum atomic E-state index is -0.488. The lowest BCUT2D eigenvalue weighted by Gasteiger charge is -2.36. The van der Waals surface area contributed by atoms with Crippen molar-refractivity contribution in [2.45, 2.75) is 45.8 Å². The summed E-state index contributed by atoms with van der Waals surface area (Å²) in [4.78, 5) is 28.8. The first-order valence-corrected chi connectivity index (χ1v) is 8.01. The Balaban J connectivity index is 1.60. The van der Waals surface area contributed by atoms with Crippen molar-refractivity contribution in [3.63, 3.8) is 0 Å². The normalized spacial score (nSPS) is 36.5. The summed E-state index contributed by atoms with van der Waals surface area (Å²) >= 11 is 0. The second-order valence-corrected chi connectivity index (χ2v) is 7.77. The van der Waals surface area contributed by atoms with Gasteiger partial charge in [-0.3, -0.25) is 14.9 Å². The SMILES string of the molecule is CC1(C)[C@@H]2CC[C@@]1(C)[C@]1(C2)ON1C(=O)c1ccc([N+](=O)[O-])cc1. The van der Waals surface area contributed by atoms with E-state index in [1.54, 1.807) is 0 Å². The minimum absolute atomic E-state index is 0.0176. The number of nitro groups is 1. The van der Waals surface area contributed by atoms with E-state index in [1.165, 1.54) is 35.7 Å². The molecule has 0 N–H and O–H groups in total. The van der Waals surface area contributed by atoms with Crippen molar-refractivity contribution < 1.29 is 14.6 Å². The molecular formula is C17H20N2O4. The van der Waals surface area contributed by atoms with Gasteiger partial charge in [-0.1, -0.05) is 20.8 Å². The molecule has 6 nitrogen and oxygen atoms in total. The van der Waals surface area contributed by atoms with Crippen LogP contribution >= 0.6 is 0 Å². The number of fused-ring (bicyclic) bond motifs is 3. The number of hydroxylamine groups is 2. The number of nitro benzene ring substituents is 1. The molecule has 1 aromatic rings. The van der Waals surface area contributed by atoms with Crippen molar-refractivity contribution in [3.8, 4) is 0 Å². The number of carbonyl (C=O) groups is 1. The first-order chi connectivity index (χ1) is 10.7. The number of amides is 1. The molecule has 3 aliphatic rings. The van der Waals surface area contributed by atoms with Crippen LogP contribution < -0.4 is 0 Å². The van der Waals surface area contributed by atoms with Crippen LogP contribution in [-0.4, -0.2) is 21.6 Å². The van der Waals surface area contributed by atoms with Gasteiger partial charge in [0.1, 0.15) is 0 Å². The highest BCUT2D eigenvalue weighted by atomic mass is 16.9. The molecule has 2 saturated carbocycles. The Hall–Kier alpha value is -1.95. The molecule has 0 unspecified atom stereocenters. The Morgan fingerprint density at radius 3 is 2.43 bits per heavy atom. The van der Waals surface area contributed by atoms with Gasteiger partial charge in [0.05, 0.1) is 4.92 Å². The van der Waals surface area contributed by atoms with Gasteiger partial charge in [0, 0.05) is 29.5 Å². The van der Waals surface area contributed by atoms with Gasteiger partial charge < -0.3 is 0 Å². The predicted molar refractivity (Wildman–Crippen MR) is 82.3 cm³/mol. The van der Waals surface area contributed by atoms with Gasteiger partial charge in [0.15, 0.2) is 0 Å². The molecule has 1 spiro atoms. The molecule has 122 valence electrons. The van der Waals surface area contributed by atoms with Gasteiger partial charge in [0.2, 0.25) is 5.72 Å². The Morgan fingerprint density at radius 1 is 1.30 bits per heavy atom. The van der Waals surface area contributed by atoms with E-state index < -0.39 is 10.6 Å². The number of carbonyl (C=O) groups excluding carboxylic acids is 1. The summed E-state index contributed by atoms with van der Waals surface area (Å²) in [5, 5.41) is 12.2. The van der Waals surface area contributed by atoms with Gasteiger partial charge in [0.25, 0.3) is 11.6 Å². The van der Waals surface area contributed by atoms with Gasteiger partial charge in [-0.25, -0.2) is 4.84 Å². The lowest BCUT2D eigenvalue weighted by Crippen LogP contribution is -2.41. The van der Waals surface area contributed by atoms with Crippen LogP contribution in [0.1, 0.15) is 50.4 Å². The maximum absolute atomic E-state index is 12.7. The molecule has 23 heavy (non-hydrogen) atoms. The Bertz CT molecular complexity index is 714. The van der Waals surface area contributed by atoms with Crippen molar-refractivity contribution in [1.29, 1.82) is 0 Å². The van der Waals surface area contributed by atoms with Crippen molar-refractivity contribution in [1.82, 2.24) is 5.06 Å². The lowest BCUT2D eigenvalue weighted by molar-refractivity contribution is -0.384. The molecule has 6 heteroatoms. The third-order valence-electron chi connectivity index (χ3n) is 6.87. The monoisotopic (exact) mass is 316 g/mol. The highest BCUT2D eigenvalue weighted by Crippen LogP contribution is 2.76. The van der Waals surface area contributed by atoms with Gasteiger partial charge >= 0.3 is 0 Å². The number of hydrogen-bond donors (Lipinski definition) is 0. The fourth-order valence-corrected chi connectivity index (χ4v) is 4.84. The van der Waals surface area contributed by atoms with Gasteiger partial charge in [-0.05, 0) is 36.3 Å². The summed E-state index contributed by atoms with van der Waals surface area (Å²) in [5.41, 5.74) is 0.0318. The fourth-order valence-electron chi connectivity index (χ4n) is 4.84. The molecule has 1 amide bonds. The number of rotatable bonds is 2. The first kappa shape index (κ1) is 14.6. The molecule has 0 aromatic heterocycles. The summed E-state index contributed by atoms with van der Waals surface area (Å²) in [7, 11) is 0. The molecular weight excluding hydrogens is 296 g/mol. The molecule has 2 aliphatic carbocycles. The molecule has 1 aromatic carbocycles. The average molecular weight is 316 g/mol. The van der Waals surface area contributed by atoms with E-state index in [9.17, 15) is 14.9 Å². The molecule has 3 atom stereocenters. The van der Waals surface area contributed by atoms with E-state index in [4.69, 9.17) is 4.84 Å². The van der Waals surface area contributed by atoms with E-state index in [0.717, 1.165) is 12.8 Å². The summed E-state index contributed by atoms with van der Waals surface area (Å²) in [6, 6.07) is 5.71. The van der Waals surface area contributed by atoms with E-state index in [0.29, 0.717) is 11.5 Å². The largest absolute Gasteiger partial charge is 0.280 e. The molecule has 0 radical (unpaired) electrons. The number of nitrogens with zero attached hydrogens (tertiary/aromatic N) is 2. The molecule has 3 fully saturated rings. The first-order valence-electron chi connectivity index (χ1n) is 8.01. The predicted octanol–water partition coefficient (Wildman–Crippen LogP) is 3.52. The van der Waals surface area contributed by atoms with Crippen molar-refractivity contribution >= 4 is 11.6 Å². The van der Waals surface area contributed by atoms with Crippen LogP contribution in [0.25, 0.3) is 0 Å².